The highest BCUT2D eigenvalue weighted by atomic mass is 28.4. The lowest BCUT2D eigenvalue weighted by Gasteiger charge is -2.25. The summed E-state index contributed by atoms with van der Waals surface area (Å²) in [7, 11) is -2.88. The molecule has 0 fully saturated rings. The molecule has 0 atom stereocenters. The summed E-state index contributed by atoms with van der Waals surface area (Å²) in [4.78, 5) is 11.4. The summed E-state index contributed by atoms with van der Waals surface area (Å²) in [6, 6.07) is 19.8. The van der Waals surface area contributed by atoms with Gasteiger partial charge in [-0.3, -0.25) is 0 Å². The van der Waals surface area contributed by atoms with Crippen LogP contribution < -0.4 is 10.4 Å². The van der Waals surface area contributed by atoms with Crippen LogP contribution in [-0.4, -0.2) is 13.1 Å². The van der Waals surface area contributed by atoms with Gasteiger partial charge in [0.15, 0.2) is 0 Å². The number of benzene rings is 2. The summed E-state index contributed by atoms with van der Waals surface area (Å²) < 4.78 is 0. The van der Waals surface area contributed by atoms with E-state index in [1.165, 1.54) is 0 Å². The lowest BCUT2D eigenvalue weighted by molar-refractivity contribution is 0.579. The van der Waals surface area contributed by atoms with Crippen LogP contribution in [0.3, 0.4) is 0 Å². The van der Waals surface area contributed by atoms with Crippen LogP contribution in [0.25, 0.3) is 0 Å². The summed E-state index contributed by atoms with van der Waals surface area (Å²) in [5, 5.41) is 2.89. The second-order valence-electron chi connectivity index (χ2n) is 4.53. The molecule has 0 spiro atoms. The maximum Gasteiger partial charge on any atom is 0.293 e. The molecule has 1 N–H and O–H groups in total. The van der Waals surface area contributed by atoms with Gasteiger partial charge in [0.1, 0.15) is 0 Å². The first-order valence-corrected chi connectivity index (χ1v) is 8.24. The Morgan fingerprint density at radius 1 is 0.789 bits per heavy atom. The first-order chi connectivity index (χ1) is 9.32. The van der Waals surface area contributed by atoms with Gasteiger partial charge in [-0.15, -0.1) is 5.73 Å². The molecule has 0 radical (unpaired) electrons. The molecular formula is C17H14OSi. The Hall–Kier alpha value is -2.12. The third-order valence-electron chi connectivity index (χ3n) is 3.37. The van der Waals surface area contributed by atoms with E-state index in [1.807, 2.05) is 78.9 Å². The summed E-state index contributed by atoms with van der Waals surface area (Å²) >= 11 is 0. The molecule has 0 amide bonds. The molecule has 19 heavy (non-hydrogen) atoms. The van der Waals surface area contributed by atoms with Crippen molar-refractivity contribution in [2.24, 2.45) is 0 Å². The summed E-state index contributed by atoms with van der Waals surface area (Å²) in [6.45, 7) is 0. The minimum atomic E-state index is -2.88. The fourth-order valence-electron chi connectivity index (χ4n) is 2.39. The Kier molecular flexibility index (Phi) is 3.06. The molecule has 0 aliphatic heterocycles. The van der Waals surface area contributed by atoms with E-state index in [4.69, 9.17) is 0 Å². The van der Waals surface area contributed by atoms with Crippen LogP contribution in [0.15, 0.2) is 89.8 Å². The van der Waals surface area contributed by atoms with Gasteiger partial charge in [-0.1, -0.05) is 72.8 Å². The van der Waals surface area contributed by atoms with E-state index >= 15 is 0 Å². The van der Waals surface area contributed by atoms with E-state index in [1.54, 1.807) is 0 Å². The number of hydrogen-bond donors (Lipinski definition) is 1. The highest BCUT2D eigenvalue weighted by Gasteiger charge is 2.39. The Morgan fingerprint density at radius 3 is 1.74 bits per heavy atom. The second-order valence-corrected chi connectivity index (χ2v) is 7.64. The molecule has 1 aliphatic carbocycles. The Bertz CT molecular complexity index is 625. The summed E-state index contributed by atoms with van der Waals surface area (Å²) in [5.74, 6) is 0. The van der Waals surface area contributed by atoms with Gasteiger partial charge in [0.05, 0.1) is 0 Å². The molecule has 0 aromatic heterocycles. The quantitative estimate of drug-likeness (QED) is 0.662. The highest BCUT2D eigenvalue weighted by Crippen LogP contribution is 2.16. The van der Waals surface area contributed by atoms with Gasteiger partial charge >= 0.3 is 0 Å². The van der Waals surface area contributed by atoms with Crippen LogP contribution in [0.1, 0.15) is 0 Å². The summed E-state index contributed by atoms with van der Waals surface area (Å²) in [6.07, 6.45) is 5.75. The van der Waals surface area contributed by atoms with Gasteiger partial charge < -0.3 is 4.80 Å². The van der Waals surface area contributed by atoms with Crippen molar-refractivity contribution in [1.82, 2.24) is 0 Å². The lowest BCUT2D eigenvalue weighted by atomic mass is 10.4. The smallest absolute Gasteiger partial charge is 0.293 e. The normalized spacial score (nSPS) is 13.6. The van der Waals surface area contributed by atoms with E-state index in [0.29, 0.717) is 0 Å². The highest BCUT2D eigenvalue weighted by molar-refractivity contribution is 7.02. The van der Waals surface area contributed by atoms with Crippen LogP contribution in [0.4, 0.5) is 0 Å². The molecule has 2 aromatic rings. The maximum absolute atomic E-state index is 11.4. The minimum absolute atomic E-state index is 0.907. The molecule has 2 aromatic carbocycles. The fraction of sp³-hybridized carbons (Fsp3) is 0. The van der Waals surface area contributed by atoms with Crippen LogP contribution >= 0.6 is 0 Å². The third-order valence-corrected chi connectivity index (χ3v) is 6.80. The monoisotopic (exact) mass is 262 g/mol. The van der Waals surface area contributed by atoms with Crippen molar-refractivity contribution in [2.75, 3.05) is 0 Å². The average molecular weight is 262 g/mol. The van der Waals surface area contributed by atoms with E-state index in [0.717, 1.165) is 15.6 Å². The molecule has 2 heteroatoms. The van der Waals surface area contributed by atoms with Crippen LogP contribution in [0.2, 0.25) is 0 Å². The van der Waals surface area contributed by atoms with Crippen LogP contribution in [0.5, 0.6) is 0 Å². The topological polar surface area (TPSA) is 20.2 Å². The van der Waals surface area contributed by atoms with E-state index < -0.39 is 8.32 Å². The van der Waals surface area contributed by atoms with E-state index in [-0.39, 0.29) is 0 Å². The Morgan fingerprint density at radius 2 is 1.32 bits per heavy atom. The maximum atomic E-state index is 11.4. The Balaban J connectivity index is 2.23. The Labute approximate surface area is 114 Å². The zero-order valence-corrected chi connectivity index (χ0v) is 11.5. The van der Waals surface area contributed by atoms with Gasteiger partial charge in [0.2, 0.25) is 0 Å². The molecule has 0 saturated heterocycles. The van der Waals surface area contributed by atoms with Gasteiger partial charge in [-0.05, 0) is 16.4 Å². The first kappa shape index (κ1) is 11.9. The molecule has 0 unspecified atom stereocenters. The van der Waals surface area contributed by atoms with Crippen molar-refractivity contribution >= 4 is 18.7 Å². The largest absolute Gasteiger partial charge is 0.420 e. The van der Waals surface area contributed by atoms with Crippen molar-refractivity contribution < 1.29 is 4.80 Å². The molecule has 92 valence electrons. The molecule has 3 rings (SSSR count). The standard InChI is InChI=1S/C17H14OSi/c18-19(17-13-7-8-14-17,15-9-3-1-4-10-15)16-11-5-2-6-12-16/h1-13,18H. The van der Waals surface area contributed by atoms with Crippen LogP contribution in [0, 0.1) is 0 Å². The number of allylic oxidation sites excluding steroid dienone is 3. The van der Waals surface area contributed by atoms with Gasteiger partial charge in [0, 0.05) is 5.20 Å². The average Bonchev–Trinajstić information content (AvgIpc) is 3.03. The third kappa shape index (κ3) is 2.02. The van der Waals surface area contributed by atoms with E-state index in [2.05, 4.69) is 5.73 Å². The van der Waals surface area contributed by atoms with Gasteiger partial charge in [-0.25, -0.2) is 0 Å². The molecule has 0 heterocycles. The van der Waals surface area contributed by atoms with Gasteiger partial charge in [0.25, 0.3) is 8.32 Å². The molecular weight excluding hydrogens is 248 g/mol. The lowest BCUT2D eigenvalue weighted by Crippen LogP contribution is -2.60. The zero-order chi connectivity index (χ0) is 13.1. The second kappa shape index (κ2) is 4.86. The van der Waals surface area contributed by atoms with Gasteiger partial charge in [-0.2, -0.15) is 0 Å². The van der Waals surface area contributed by atoms with Crippen molar-refractivity contribution in [1.29, 1.82) is 0 Å². The molecule has 1 aliphatic rings. The van der Waals surface area contributed by atoms with E-state index in [9.17, 15) is 4.80 Å². The van der Waals surface area contributed by atoms with Crippen molar-refractivity contribution in [2.45, 2.75) is 0 Å². The molecule has 1 nitrogen and oxygen atoms in total. The van der Waals surface area contributed by atoms with Crippen molar-refractivity contribution in [3.8, 4) is 0 Å². The van der Waals surface area contributed by atoms with Crippen molar-refractivity contribution in [3.05, 3.63) is 89.8 Å². The first-order valence-electron chi connectivity index (χ1n) is 6.29. The predicted molar refractivity (Wildman–Crippen MR) is 80.9 cm³/mol. The number of hydrogen-bond acceptors (Lipinski definition) is 1. The minimum Gasteiger partial charge on any atom is -0.420 e. The molecule has 0 bridgehead atoms. The summed E-state index contributed by atoms with van der Waals surface area (Å²) in [5.41, 5.74) is 3.19. The van der Waals surface area contributed by atoms with Crippen molar-refractivity contribution in [3.63, 3.8) is 0 Å². The number of rotatable bonds is 3. The SMILES string of the molecule is O[Si](C1=C=CC=C1)(c1ccccc1)c1ccccc1. The molecule has 0 saturated carbocycles. The zero-order valence-electron chi connectivity index (χ0n) is 10.5. The fourth-order valence-corrected chi connectivity index (χ4v) is 5.33. The predicted octanol–water partition coefficient (Wildman–Crippen LogP) is 1.93. The van der Waals surface area contributed by atoms with Crippen LogP contribution in [-0.2, 0) is 0 Å².